The second-order valence-corrected chi connectivity index (χ2v) is 5.28. The second-order valence-electron chi connectivity index (χ2n) is 4.85. The van der Waals surface area contributed by atoms with Crippen molar-refractivity contribution in [1.82, 2.24) is 0 Å². The lowest BCUT2D eigenvalue weighted by molar-refractivity contribution is -0.167. The molecule has 4 rings (SSSR count). The number of carbonyl (C=O) groups excluding carboxylic acids is 2. The van der Waals surface area contributed by atoms with E-state index in [-0.39, 0.29) is 16.8 Å². The quantitative estimate of drug-likeness (QED) is 0.758. The average Bonchev–Trinajstić information content (AvgIpc) is 2.68. The van der Waals surface area contributed by atoms with E-state index in [4.69, 9.17) is 16.3 Å². The fourth-order valence-electron chi connectivity index (χ4n) is 2.75. The van der Waals surface area contributed by atoms with E-state index in [9.17, 15) is 14.7 Å². The van der Waals surface area contributed by atoms with Crippen LogP contribution in [-0.2, 0) is 10.6 Å². The number of carbonyl (C=O) groups is 2. The topological polar surface area (TPSA) is 66.8 Å². The summed E-state index contributed by atoms with van der Waals surface area (Å²) in [5, 5.41) is 11.1. The van der Waals surface area contributed by atoms with Gasteiger partial charge in [-0.2, -0.15) is 0 Å². The van der Waals surface area contributed by atoms with Crippen molar-refractivity contribution >= 4 is 29.2 Å². The summed E-state index contributed by atoms with van der Waals surface area (Å²) in [6.07, 6.45) is 0. The predicted octanol–water partition coefficient (Wildman–Crippen LogP) is 2.27. The third-order valence-corrected chi connectivity index (χ3v) is 3.91. The fourth-order valence-corrected chi connectivity index (χ4v) is 2.92. The summed E-state index contributed by atoms with van der Waals surface area (Å²) in [7, 11) is 0. The molecule has 5 nitrogen and oxygen atoms in total. The molecule has 0 saturated carbocycles. The highest BCUT2D eigenvalue weighted by molar-refractivity contribution is 6.31. The summed E-state index contributed by atoms with van der Waals surface area (Å²) in [6.45, 7) is 0. The minimum absolute atomic E-state index is 0.185. The number of halogens is 1. The number of aliphatic hydroxyl groups is 1. The van der Waals surface area contributed by atoms with Crippen LogP contribution in [0.5, 0.6) is 0 Å². The second kappa shape index (κ2) is 3.84. The lowest BCUT2D eigenvalue weighted by atomic mass is 10.1. The number of esters is 1. The maximum atomic E-state index is 12.5. The molecule has 0 radical (unpaired) electrons. The number of fused-ring (bicyclic) bond motifs is 5. The smallest absolute Gasteiger partial charge is 0.344 e. The Kier molecular flexibility index (Phi) is 2.26. The van der Waals surface area contributed by atoms with Gasteiger partial charge >= 0.3 is 11.9 Å². The SMILES string of the molecule is O=C1O[C@]2(O)c3ccccc3C(=O)N2c2cc(Cl)ccc21. The first-order valence-corrected chi connectivity index (χ1v) is 6.59. The first-order chi connectivity index (χ1) is 10.0. The number of hydrogen-bond donors (Lipinski definition) is 1. The van der Waals surface area contributed by atoms with Crippen LogP contribution in [0, 0.1) is 0 Å². The Hall–Kier alpha value is -2.37. The fraction of sp³-hybridized carbons (Fsp3) is 0.0667. The average molecular weight is 302 g/mol. The number of rotatable bonds is 0. The van der Waals surface area contributed by atoms with Crippen molar-refractivity contribution in [2.45, 2.75) is 5.91 Å². The Balaban J connectivity index is 2.04. The number of hydrogen-bond acceptors (Lipinski definition) is 4. The van der Waals surface area contributed by atoms with Crippen molar-refractivity contribution in [2.75, 3.05) is 4.90 Å². The van der Waals surface area contributed by atoms with E-state index in [2.05, 4.69) is 0 Å². The molecule has 0 fully saturated rings. The van der Waals surface area contributed by atoms with Crippen molar-refractivity contribution in [3.63, 3.8) is 0 Å². The summed E-state index contributed by atoms with van der Waals surface area (Å²) in [5.74, 6) is -3.27. The van der Waals surface area contributed by atoms with E-state index in [1.54, 1.807) is 24.3 Å². The molecule has 21 heavy (non-hydrogen) atoms. The van der Waals surface area contributed by atoms with Crippen molar-refractivity contribution in [3.8, 4) is 0 Å². The van der Waals surface area contributed by atoms with Crippen molar-refractivity contribution in [3.05, 3.63) is 64.2 Å². The van der Waals surface area contributed by atoms with Gasteiger partial charge in [0.05, 0.1) is 22.4 Å². The van der Waals surface area contributed by atoms with Crippen LogP contribution in [0.25, 0.3) is 0 Å². The first-order valence-electron chi connectivity index (χ1n) is 6.22. The third-order valence-electron chi connectivity index (χ3n) is 3.67. The third kappa shape index (κ3) is 1.44. The molecule has 1 amide bonds. The molecule has 0 bridgehead atoms. The molecule has 0 unspecified atom stereocenters. The lowest BCUT2D eigenvalue weighted by Gasteiger charge is -2.37. The zero-order valence-corrected chi connectivity index (χ0v) is 11.3. The van der Waals surface area contributed by atoms with Gasteiger partial charge in [0.25, 0.3) is 5.91 Å². The molecule has 0 spiro atoms. The van der Waals surface area contributed by atoms with Gasteiger partial charge in [-0.1, -0.05) is 23.7 Å². The van der Waals surface area contributed by atoms with Crippen LogP contribution in [0.1, 0.15) is 26.3 Å². The highest BCUT2D eigenvalue weighted by Crippen LogP contribution is 2.46. The van der Waals surface area contributed by atoms with E-state index in [0.717, 1.165) is 4.90 Å². The summed E-state index contributed by atoms with van der Waals surface area (Å²) in [4.78, 5) is 25.7. The molecule has 1 atom stereocenters. The summed E-state index contributed by atoms with van der Waals surface area (Å²) < 4.78 is 5.14. The van der Waals surface area contributed by atoms with Gasteiger partial charge in [0.1, 0.15) is 0 Å². The number of ether oxygens (including phenoxy) is 1. The van der Waals surface area contributed by atoms with Crippen LogP contribution in [0.2, 0.25) is 5.02 Å². The van der Waals surface area contributed by atoms with Crippen LogP contribution in [0.3, 0.4) is 0 Å². The monoisotopic (exact) mass is 301 g/mol. The summed E-state index contributed by atoms with van der Waals surface area (Å²) >= 11 is 5.95. The van der Waals surface area contributed by atoms with Gasteiger partial charge in [0.2, 0.25) is 0 Å². The molecule has 6 heteroatoms. The van der Waals surface area contributed by atoms with Gasteiger partial charge in [-0.3, -0.25) is 4.79 Å². The molecule has 104 valence electrons. The highest BCUT2D eigenvalue weighted by atomic mass is 35.5. The van der Waals surface area contributed by atoms with E-state index in [1.807, 2.05) is 0 Å². The summed E-state index contributed by atoms with van der Waals surface area (Å²) in [6, 6.07) is 10.9. The normalized spacial score (nSPS) is 22.5. The largest absolute Gasteiger partial charge is 0.405 e. The Labute approximate surface area is 124 Å². The maximum Gasteiger partial charge on any atom is 0.344 e. The van der Waals surface area contributed by atoms with E-state index < -0.39 is 17.8 Å². The maximum absolute atomic E-state index is 12.5. The Morgan fingerprint density at radius 1 is 1.10 bits per heavy atom. The molecular weight excluding hydrogens is 294 g/mol. The van der Waals surface area contributed by atoms with Crippen LogP contribution in [0.4, 0.5) is 5.69 Å². The van der Waals surface area contributed by atoms with Crippen LogP contribution < -0.4 is 4.90 Å². The number of amides is 1. The van der Waals surface area contributed by atoms with Gasteiger partial charge in [0, 0.05) is 5.02 Å². The predicted molar refractivity (Wildman–Crippen MR) is 74.0 cm³/mol. The number of benzene rings is 2. The van der Waals surface area contributed by atoms with Crippen molar-refractivity contribution in [2.24, 2.45) is 0 Å². The number of anilines is 1. The van der Waals surface area contributed by atoms with Gasteiger partial charge in [0.15, 0.2) is 0 Å². The number of nitrogens with zero attached hydrogens (tertiary/aromatic N) is 1. The van der Waals surface area contributed by atoms with Gasteiger partial charge in [-0.15, -0.1) is 0 Å². The molecule has 2 heterocycles. The molecule has 2 aliphatic heterocycles. The van der Waals surface area contributed by atoms with Crippen molar-refractivity contribution in [1.29, 1.82) is 0 Å². The summed E-state index contributed by atoms with van der Waals surface area (Å²) in [5.41, 5.74) is 0.960. The zero-order valence-electron chi connectivity index (χ0n) is 10.5. The molecule has 2 aromatic rings. The zero-order chi connectivity index (χ0) is 14.8. The standard InChI is InChI=1S/C15H8ClNO4/c16-8-5-6-10-12(7-8)17-13(18)9-3-1-2-4-11(9)15(17,20)21-14(10)19/h1-7,20H/t15-/m1/s1. The minimum Gasteiger partial charge on any atom is -0.405 e. The molecule has 0 aliphatic carbocycles. The van der Waals surface area contributed by atoms with Gasteiger partial charge in [-0.05, 0) is 30.3 Å². The molecular formula is C15H8ClNO4. The van der Waals surface area contributed by atoms with E-state index in [1.165, 1.54) is 18.2 Å². The Morgan fingerprint density at radius 3 is 2.67 bits per heavy atom. The van der Waals surface area contributed by atoms with Crippen LogP contribution >= 0.6 is 11.6 Å². The van der Waals surface area contributed by atoms with Crippen LogP contribution in [-0.4, -0.2) is 17.0 Å². The van der Waals surface area contributed by atoms with E-state index in [0.29, 0.717) is 10.6 Å². The highest BCUT2D eigenvalue weighted by Gasteiger charge is 2.56. The molecule has 0 saturated heterocycles. The van der Waals surface area contributed by atoms with Crippen LogP contribution in [0.15, 0.2) is 42.5 Å². The minimum atomic E-state index is -2.12. The Bertz CT molecular complexity index is 819. The Morgan fingerprint density at radius 2 is 1.86 bits per heavy atom. The van der Waals surface area contributed by atoms with Gasteiger partial charge in [-0.25, -0.2) is 9.69 Å². The lowest BCUT2D eigenvalue weighted by Crippen LogP contribution is -2.51. The van der Waals surface area contributed by atoms with Gasteiger partial charge < -0.3 is 9.84 Å². The van der Waals surface area contributed by atoms with Crippen molar-refractivity contribution < 1.29 is 19.4 Å². The molecule has 0 aromatic heterocycles. The molecule has 2 aromatic carbocycles. The molecule has 1 N–H and O–H groups in total. The first kappa shape index (κ1) is 12.4. The molecule has 2 aliphatic rings. The van der Waals surface area contributed by atoms with E-state index >= 15 is 0 Å².